The Balaban J connectivity index is 0.000000281. The fraction of sp³-hybridized carbons (Fsp3) is 1.00. The molecule has 0 unspecified atom stereocenters. The van der Waals surface area contributed by atoms with Crippen LogP contribution in [0.5, 0.6) is 0 Å². The molecule has 0 aromatic carbocycles. The summed E-state index contributed by atoms with van der Waals surface area (Å²) >= 11 is 0.852. The second-order valence-corrected chi connectivity index (χ2v) is 7.22. The second kappa shape index (κ2) is 4.71. The van der Waals surface area contributed by atoms with Crippen molar-refractivity contribution in [2.75, 3.05) is 0 Å². The van der Waals surface area contributed by atoms with E-state index in [9.17, 15) is 0 Å². The fourth-order valence-corrected chi connectivity index (χ4v) is 5.57. The zero-order valence-electron chi connectivity index (χ0n) is 7.97. The summed E-state index contributed by atoms with van der Waals surface area (Å²) in [5.74, 6) is 1.14. The third-order valence-electron chi connectivity index (χ3n) is 2.76. The summed E-state index contributed by atoms with van der Waals surface area (Å²) in [5.41, 5.74) is 0. The van der Waals surface area contributed by atoms with Gasteiger partial charge in [-0.2, -0.15) is 0 Å². The molecule has 1 aliphatic carbocycles. The summed E-state index contributed by atoms with van der Waals surface area (Å²) in [5, 5.41) is 0. The van der Waals surface area contributed by atoms with E-state index in [1.807, 2.05) is 13.8 Å². The summed E-state index contributed by atoms with van der Waals surface area (Å²) in [4.78, 5) is 0. The molecule has 11 heavy (non-hydrogen) atoms. The van der Waals surface area contributed by atoms with E-state index in [0.717, 1.165) is 50.0 Å². The maximum absolute atomic E-state index is 2.34. The van der Waals surface area contributed by atoms with Crippen molar-refractivity contribution in [2.24, 2.45) is 5.92 Å². The molecule has 2 rings (SSSR count). The topological polar surface area (TPSA) is 0 Å². The van der Waals surface area contributed by atoms with Crippen LogP contribution in [0.4, 0.5) is 0 Å². The molecule has 1 saturated heterocycles. The summed E-state index contributed by atoms with van der Waals surface area (Å²) in [6.45, 7) is 6.34. The van der Waals surface area contributed by atoms with Gasteiger partial charge in [-0.25, -0.2) is 0 Å². The Hall–Kier alpha value is 1.57. The first-order valence-corrected chi connectivity index (χ1v) is 7.36. The zero-order valence-corrected chi connectivity index (χ0v) is 9.98. The SMILES string of the molecule is CC.CCC1CC2(CC[Xe]2)C1. The van der Waals surface area contributed by atoms with Crippen LogP contribution in [0.2, 0.25) is 0.772 Å². The van der Waals surface area contributed by atoms with Gasteiger partial charge in [-0.15, -0.1) is 0 Å². The predicted molar refractivity (Wildman–Crippen MR) is 46.5 cm³/mol. The molecular weight excluding hydrogens is 251 g/mol. The molecule has 1 heterocycles. The number of hydrogen-bond donors (Lipinski definition) is 0. The third-order valence-corrected chi connectivity index (χ3v) is 6.61. The third kappa shape index (κ3) is 2.28. The minimum atomic E-state index is 0.852. The fourth-order valence-electron chi connectivity index (χ4n) is 1.89. The predicted octanol–water partition coefficient (Wildman–Crippen LogP) is 3.90. The quantitative estimate of drug-likeness (QED) is 0.678. The van der Waals surface area contributed by atoms with Gasteiger partial charge in [-0.1, -0.05) is 13.8 Å². The average Bonchev–Trinajstić information content (AvgIpc) is 1.87. The molecule has 1 saturated carbocycles. The van der Waals surface area contributed by atoms with Gasteiger partial charge in [-0.3, -0.25) is 0 Å². The van der Waals surface area contributed by atoms with Gasteiger partial charge in [-0.05, 0) is 0 Å². The molecule has 0 bridgehead atoms. The molecule has 0 nitrogen and oxygen atoms in total. The average molecular weight is 272 g/mol. The second-order valence-electron chi connectivity index (χ2n) is 3.36. The molecule has 0 aromatic rings. The van der Waals surface area contributed by atoms with E-state index in [2.05, 4.69) is 6.92 Å². The number of hydrogen-bond acceptors (Lipinski definition) is 0. The van der Waals surface area contributed by atoms with Crippen molar-refractivity contribution in [1.29, 1.82) is 0 Å². The molecule has 68 valence electrons. The van der Waals surface area contributed by atoms with Gasteiger partial charge in [0.05, 0.1) is 0 Å². The van der Waals surface area contributed by atoms with Gasteiger partial charge in [0.1, 0.15) is 0 Å². The Morgan fingerprint density at radius 3 is 2.18 bits per heavy atom. The Morgan fingerprint density at radius 2 is 1.91 bits per heavy atom. The van der Waals surface area contributed by atoms with Gasteiger partial charge in [0.15, 0.2) is 0 Å². The van der Waals surface area contributed by atoms with Crippen LogP contribution >= 0.6 is 0 Å². The summed E-state index contributed by atoms with van der Waals surface area (Å²) < 4.78 is 2.62. The number of rotatable bonds is 1. The monoisotopic (exact) mass is 272 g/mol. The standard InChI is InChI=1S/C8H14Xe.C2H6/c1-2-7-5-8(6-7)3-4-9-8;1-2/h7H,2-6H2,1H3;1-2H3. The van der Waals surface area contributed by atoms with E-state index in [0.29, 0.717) is 0 Å². The van der Waals surface area contributed by atoms with Gasteiger partial charge >= 0.3 is 83.5 Å². The Kier molecular flexibility index (Phi) is 4.56. The molecular formula is C10H20Xe. The van der Waals surface area contributed by atoms with Gasteiger partial charge in [0.25, 0.3) is 0 Å². The normalized spacial score (nSPS) is 40.8. The van der Waals surface area contributed by atoms with E-state index in [-0.39, 0.29) is 0 Å². The Morgan fingerprint density at radius 1 is 1.36 bits per heavy atom. The first-order valence-electron chi connectivity index (χ1n) is 4.92. The van der Waals surface area contributed by atoms with Crippen molar-refractivity contribution in [1.82, 2.24) is 0 Å². The first-order chi connectivity index (χ1) is 5.35. The van der Waals surface area contributed by atoms with E-state index in [1.54, 1.807) is 20.2 Å². The maximum atomic E-state index is 2.34. The van der Waals surface area contributed by atoms with Crippen molar-refractivity contribution in [2.45, 2.75) is 47.2 Å². The van der Waals surface area contributed by atoms with Crippen LogP contribution in [0.15, 0.2) is 0 Å². The molecule has 0 radical (unpaired) electrons. The van der Waals surface area contributed by atoms with Crippen LogP contribution < -0.4 is 0 Å². The Labute approximate surface area is 95.8 Å². The van der Waals surface area contributed by atoms with Gasteiger partial charge in [0, 0.05) is 0 Å². The Bertz CT molecular complexity index is 108. The van der Waals surface area contributed by atoms with Crippen LogP contribution in [0.3, 0.4) is 0 Å². The molecule has 2 fully saturated rings. The van der Waals surface area contributed by atoms with Crippen LogP contribution in [0, 0.1) is 50.1 Å². The molecule has 2 aliphatic rings. The van der Waals surface area contributed by atoms with Crippen LogP contribution in [-0.2, 0) is 0 Å². The summed E-state index contributed by atoms with van der Waals surface area (Å²) in [6, 6.07) is 0. The zero-order chi connectivity index (χ0) is 8.32. The van der Waals surface area contributed by atoms with Crippen molar-refractivity contribution >= 4 is 0 Å². The summed E-state index contributed by atoms with van der Waals surface area (Å²) in [7, 11) is 0. The van der Waals surface area contributed by atoms with Crippen LogP contribution in [0.1, 0.15) is 46.5 Å². The van der Waals surface area contributed by atoms with Crippen molar-refractivity contribution in [3.63, 3.8) is 0 Å². The first kappa shape index (κ1) is 10.7. The molecule has 0 atom stereocenters. The van der Waals surface area contributed by atoms with E-state index in [1.165, 1.54) is 6.42 Å². The van der Waals surface area contributed by atoms with Crippen LogP contribution in [-0.4, -0.2) is 0 Å². The van der Waals surface area contributed by atoms with Crippen molar-refractivity contribution in [3.05, 3.63) is 0 Å². The molecule has 0 amide bonds. The van der Waals surface area contributed by atoms with E-state index < -0.39 is 0 Å². The minimum absolute atomic E-state index is 0.852. The van der Waals surface area contributed by atoms with Crippen molar-refractivity contribution < 1.29 is 44.2 Å². The molecule has 0 N–H and O–H groups in total. The molecule has 1 spiro atoms. The molecule has 1 aliphatic heterocycles. The van der Waals surface area contributed by atoms with Crippen molar-refractivity contribution in [3.8, 4) is 0 Å². The summed E-state index contributed by atoms with van der Waals surface area (Å²) in [6.07, 6.45) is 6.27. The van der Waals surface area contributed by atoms with Crippen LogP contribution in [0.25, 0.3) is 0 Å². The van der Waals surface area contributed by atoms with Gasteiger partial charge < -0.3 is 0 Å². The molecule has 1 heteroatoms. The van der Waals surface area contributed by atoms with Gasteiger partial charge in [0.2, 0.25) is 0 Å². The van der Waals surface area contributed by atoms with E-state index >= 15 is 0 Å². The van der Waals surface area contributed by atoms with E-state index in [4.69, 9.17) is 0 Å². The molecule has 0 aromatic heterocycles.